The number of hydrogen-bond donors (Lipinski definition) is 2. The molecule has 1 aromatic rings. The third-order valence-electron chi connectivity index (χ3n) is 3.81. The summed E-state index contributed by atoms with van der Waals surface area (Å²) in [5.41, 5.74) is 1.35. The Labute approximate surface area is 138 Å². The number of ether oxygens (including phenoxy) is 2. The average molecular weight is 335 g/mol. The van der Waals surface area contributed by atoms with Gasteiger partial charge < -0.3 is 20.1 Å². The number of benzene rings is 1. The second-order valence-corrected chi connectivity index (χ2v) is 5.51. The first-order valence-corrected chi connectivity index (χ1v) is 7.64. The first kappa shape index (κ1) is 16.4. The standard InChI is InChI=1S/C16H18FN3O4/c17-11-1-3-12(4-2-11)18-16(22)19-14-10-24-15(21)13(14)9-20-5-7-23-8-6-20/h1-4H,5-10H2,(H2,18,19,22). The molecular weight excluding hydrogens is 317 g/mol. The maximum atomic E-state index is 12.9. The maximum Gasteiger partial charge on any atom is 0.337 e. The Morgan fingerprint density at radius 1 is 1.17 bits per heavy atom. The van der Waals surface area contributed by atoms with Gasteiger partial charge in [-0.25, -0.2) is 14.0 Å². The van der Waals surface area contributed by atoms with Crippen molar-refractivity contribution in [3.63, 3.8) is 0 Å². The van der Waals surface area contributed by atoms with Crippen LogP contribution in [0.1, 0.15) is 0 Å². The second kappa shape index (κ2) is 7.41. The molecule has 1 saturated heterocycles. The molecule has 2 aliphatic heterocycles. The van der Waals surface area contributed by atoms with E-state index in [0.717, 1.165) is 13.1 Å². The molecule has 2 aliphatic rings. The van der Waals surface area contributed by atoms with E-state index in [4.69, 9.17) is 9.47 Å². The minimum absolute atomic E-state index is 0.0370. The lowest BCUT2D eigenvalue weighted by molar-refractivity contribution is -0.136. The largest absolute Gasteiger partial charge is 0.456 e. The minimum atomic E-state index is -0.505. The Morgan fingerprint density at radius 2 is 1.88 bits per heavy atom. The van der Waals surface area contributed by atoms with Crippen LogP contribution in [-0.4, -0.2) is 56.4 Å². The molecule has 2 N–H and O–H groups in total. The fourth-order valence-electron chi connectivity index (χ4n) is 2.52. The summed E-state index contributed by atoms with van der Waals surface area (Å²) in [7, 11) is 0. The van der Waals surface area contributed by atoms with Gasteiger partial charge in [0.15, 0.2) is 0 Å². The first-order chi connectivity index (χ1) is 11.6. The highest BCUT2D eigenvalue weighted by Gasteiger charge is 2.28. The lowest BCUT2D eigenvalue weighted by Gasteiger charge is -2.26. The Balaban J connectivity index is 1.63. The van der Waals surface area contributed by atoms with Crippen LogP contribution in [0.5, 0.6) is 0 Å². The van der Waals surface area contributed by atoms with Crippen LogP contribution in [0.15, 0.2) is 35.5 Å². The lowest BCUT2D eigenvalue weighted by atomic mass is 10.2. The lowest BCUT2D eigenvalue weighted by Crippen LogP contribution is -2.39. The summed E-state index contributed by atoms with van der Waals surface area (Å²) in [6.45, 7) is 3.15. The van der Waals surface area contributed by atoms with Crippen molar-refractivity contribution in [1.29, 1.82) is 0 Å². The number of nitrogens with zero attached hydrogens (tertiary/aromatic N) is 1. The number of cyclic esters (lactones) is 1. The first-order valence-electron chi connectivity index (χ1n) is 7.64. The van der Waals surface area contributed by atoms with Gasteiger partial charge in [-0.15, -0.1) is 0 Å². The van der Waals surface area contributed by atoms with Gasteiger partial charge in [0, 0.05) is 25.3 Å². The van der Waals surface area contributed by atoms with E-state index in [2.05, 4.69) is 15.5 Å². The molecule has 24 heavy (non-hydrogen) atoms. The van der Waals surface area contributed by atoms with E-state index >= 15 is 0 Å². The number of nitrogens with one attached hydrogen (secondary N) is 2. The second-order valence-electron chi connectivity index (χ2n) is 5.51. The van der Waals surface area contributed by atoms with E-state index in [1.54, 1.807) is 0 Å². The molecule has 0 saturated carbocycles. The van der Waals surface area contributed by atoms with Crippen LogP contribution >= 0.6 is 0 Å². The Kier molecular flexibility index (Phi) is 5.07. The van der Waals surface area contributed by atoms with E-state index in [-0.39, 0.29) is 12.4 Å². The van der Waals surface area contributed by atoms with Crippen LogP contribution in [0.25, 0.3) is 0 Å². The quantitative estimate of drug-likeness (QED) is 0.805. The molecule has 2 amide bonds. The number of rotatable bonds is 4. The van der Waals surface area contributed by atoms with Gasteiger partial charge in [0.25, 0.3) is 0 Å². The van der Waals surface area contributed by atoms with Gasteiger partial charge in [0.05, 0.1) is 24.5 Å². The van der Waals surface area contributed by atoms with Crippen molar-refractivity contribution in [2.45, 2.75) is 0 Å². The zero-order valence-electron chi connectivity index (χ0n) is 13.0. The van der Waals surface area contributed by atoms with E-state index in [9.17, 15) is 14.0 Å². The third kappa shape index (κ3) is 4.09. The normalized spacial score (nSPS) is 18.5. The zero-order chi connectivity index (χ0) is 16.9. The molecule has 3 rings (SSSR count). The Hall–Kier alpha value is -2.45. The molecule has 0 bridgehead atoms. The monoisotopic (exact) mass is 335 g/mol. The summed E-state index contributed by atoms with van der Waals surface area (Å²) < 4.78 is 23.2. The topological polar surface area (TPSA) is 79.9 Å². The summed E-state index contributed by atoms with van der Waals surface area (Å²) in [6, 6.07) is 4.90. The number of carbonyl (C=O) groups is 2. The van der Waals surface area contributed by atoms with Gasteiger partial charge >= 0.3 is 12.0 Å². The molecule has 0 radical (unpaired) electrons. The van der Waals surface area contributed by atoms with Gasteiger partial charge in [0.1, 0.15) is 12.4 Å². The number of morpholine rings is 1. The van der Waals surface area contributed by atoms with Crippen molar-refractivity contribution in [3.8, 4) is 0 Å². The van der Waals surface area contributed by atoms with Crippen molar-refractivity contribution >= 4 is 17.7 Å². The predicted octanol–water partition coefficient (Wildman–Crippen LogP) is 1.09. The predicted molar refractivity (Wildman–Crippen MR) is 83.8 cm³/mol. The van der Waals surface area contributed by atoms with Gasteiger partial charge in [-0.1, -0.05) is 0 Å². The molecule has 0 unspecified atom stereocenters. The summed E-state index contributed by atoms with van der Waals surface area (Å²) in [4.78, 5) is 26.0. The highest BCUT2D eigenvalue weighted by molar-refractivity contribution is 5.96. The van der Waals surface area contributed by atoms with E-state index < -0.39 is 12.0 Å². The summed E-state index contributed by atoms with van der Waals surface area (Å²) >= 11 is 0. The molecule has 0 atom stereocenters. The van der Waals surface area contributed by atoms with Gasteiger partial charge in [0.2, 0.25) is 0 Å². The molecule has 8 heteroatoms. The maximum absolute atomic E-state index is 12.9. The number of esters is 1. The van der Waals surface area contributed by atoms with Crippen molar-refractivity contribution in [2.24, 2.45) is 0 Å². The minimum Gasteiger partial charge on any atom is -0.456 e. The smallest absolute Gasteiger partial charge is 0.337 e. The summed E-state index contributed by atoms with van der Waals surface area (Å²) in [5.74, 6) is -0.801. The number of amides is 2. The van der Waals surface area contributed by atoms with E-state index in [1.807, 2.05) is 0 Å². The van der Waals surface area contributed by atoms with Crippen molar-refractivity contribution in [2.75, 3.05) is 44.8 Å². The molecule has 0 aliphatic carbocycles. The summed E-state index contributed by atoms with van der Waals surface area (Å²) in [5, 5.41) is 5.23. The molecule has 7 nitrogen and oxygen atoms in total. The Bertz CT molecular complexity index is 654. The van der Waals surface area contributed by atoms with Crippen molar-refractivity contribution < 1.29 is 23.5 Å². The van der Waals surface area contributed by atoms with E-state index in [0.29, 0.717) is 36.7 Å². The zero-order valence-corrected chi connectivity index (χ0v) is 13.0. The van der Waals surface area contributed by atoms with Gasteiger partial charge in [-0.3, -0.25) is 4.90 Å². The molecule has 1 fully saturated rings. The van der Waals surface area contributed by atoms with Gasteiger partial charge in [-0.2, -0.15) is 0 Å². The molecule has 0 aromatic heterocycles. The number of anilines is 1. The molecular formula is C16H18FN3O4. The van der Waals surface area contributed by atoms with Crippen LogP contribution in [0.2, 0.25) is 0 Å². The highest BCUT2D eigenvalue weighted by Crippen LogP contribution is 2.16. The van der Waals surface area contributed by atoms with Crippen LogP contribution < -0.4 is 10.6 Å². The van der Waals surface area contributed by atoms with Crippen LogP contribution in [0.3, 0.4) is 0 Å². The number of halogens is 1. The molecule has 1 aromatic carbocycles. The molecule has 0 spiro atoms. The average Bonchev–Trinajstić information content (AvgIpc) is 2.91. The van der Waals surface area contributed by atoms with Crippen molar-refractivity contribution in [3.05, 3.63) is 41.4 Å². The fraction of sp³-hybridized carbons (Fsp3) is 0.375. The third-order valence-corrected chi connectivity index (χ3v) is 3.81. The van der Waals surface area contributed by atoms with Crippen LogP contribution in [0, 0.1) is 5.82 Å². The summed E-state index contributed by atoms with van der Waals surface area (Å²) in [6.07, 6.45) is 0. The molecule has 2 heterocycles. The van der Waals surface area contributed by atoms with Crippen LogP contribution in [0.4, 0.5) is 14.9 Å². The van der Waals surface area contributed by atoms with Gasteiger partial charge in [-0.05, 0) is 24.3 Å². The fourth-order valence-corrected chi connectivity index (χ4v) is 2.52. The number of urea groups is 1. The van der Waals surface area contributed by atoms with Crippen LogP contribution in [-0.2, 0) is 14.3 Å². The number of carbonyl (C=O) groups excluding carboxylic acids is 2. The highest BCUT2D eigenvalue weighted by atomic mass is 19.1. The molecule has 128 valence electrons. The van der Waals surface area contributed by atoms with Crippen molar-refractivity contribution in [1.82, 2.24) is 10.2 Å². The SMILES string of the molecule is O=C(NC1=C(CN2CCOCC2)C(=O)OC1)Nc1ccc(F)cc1. The number of hydrogen-bond acceptors (Lipinski definition) is 5. The Morgan fingerprint density at radius 3 is 2.58 bits per heavy atom. The van der Waals surface area contributed by atoms with E-state index in [1.165, 1.54) is 24.3 Å².